The number of amides is 2. The Labute approximate surface area is 205 Å². The molecule has 0 radical (unpaired) electrons. The van der Waals surface area contributed by atoms with Gasteiger partial charge in [-0.05, 0) is 54.8 Å². The zero-order chi connectivity index (χ0) is 24.6. The number of fused-ring (bicyclic) bond motifs is 1. The molecule has 3 N–H and O–H groups in total. The van der Waals surface area contributed by atoms with Crippen LogP contribution in [0, 0.1) is 12.7 Å². The minimum atomic E-state index is -0.542. The number of carbonyl (C=O) groups is 1. The number of pyridine rings is 2. The van der Waals surface area contributed by atoms with E-state index in [0.29, 0.717) is 22.8 Å². The molecule has 2 amide bonds. The number of nitrogens with one attached hydrogen (secondary N) is 3. The van der Waals surface area contributed by atoms with Crippen LogP contribution in [0.5, 0.6) is 0 Å². The number of carbonyl (C=O) groups excluding carboxylic acids is 1. The van der Waals surface area contributed by atoms with Gasteiger partial charge in [-0.15, -0.1) is 0 Å². The first-order valence-corrected chi connectivity index (χ1v) is 11.2. The second kappa shape index (κ2) is 9.44. The molecule has 11 heteroatoms. The molecule has 0 spiro atoms. The molecular weight excluding hydrogens is 480 g/mol. The summed E-state index contributed by atoms with van der Waals surface area (Å²) in [5, 5.41) is 8.27. The molecule has 34 heavy (non-hydrogen) atoms. The third kappa shape index (κ3) is 4.90. The summed E-state index contributed by atoms with van der Waals surface area (Å²) in [7, 11) is 1.83. The highest BCUT2D eigenvalue weighted by Gasteiger charge is 2.16. The third-order valence-corrected chi connectivity index (χ3v) is 5.68. The fourth-order valence-electron chi connectivity index (χ4n) is 3.65. The first kappa shape index (κ1) is 23.7. The monoisotopic (exact) mass is 501 g/mol. The number of halogens is 3. The predicted octanol–water partition coefficient (Wildman–Crippen LogP) is 6.06. The van der Waals surface area contributed by atoms with Crippen molar-refractivity contribution in [3.05, 3.63) is 63.6 Å². The quantitative estimate of drug-likeness (QED) is 0.228. The van der Waals surface area contributed by atoms with Crippen molar-refractivity contribution in [2.75, 3.05) is 10.7 Å². The Morgan fingerprint density at radius 1 is 1.12 bits per heavy atom. The molecule has 0 aliphatic heterocycles. The number of aryl methyl sites for hydroxylation is 2. The fraction of sp³-hybridized carbons (Fsp3) is 0.217. The smallest absolute Gasteiger partial charge is 0.306 e. The van der Waals surface area contributed by atoms with Crippen LogP contribution in [0.2, 0.25) is 10.2 Å². The van der Waals surface area contributed by atoms with Gasteiger partial charge in [0.1, 0.15) is 16.8 Å². The molecular formula is C23H22Cl2FN7O. The van der Waals surface area contributed by atoms with Gasteiger partial charge in [0.15, 0.2) is 5.65 Å². The molecule has 0 fully saturated rings. The average molecular weight is 502 g/mol. The molecule has 3 aromatic heterocycles. The highest BCUT2D eigenvalue weighted by atomic mass is 35.5. The van der Waals surface area contributed by atoms with Gasteiger partial charge in [-0.2, -0.15) is 5.10 Å². The molecule has 0 saturated heterocycles. The minimum Gasteiger partial charge on any atom is -0.306 e. The lowest BCUT2D eigenvalue weighted by atomic mass is 10.00. The Kier molecular flexibility index (Phi) is 6.58. The molecule has 0 unspecified atom stereocenters. The van der Waals surface area contributed by atoms with Gasteiger partial charge in [0.2, 0.25) is 0 Å². The van der Waals surface area contributed by atoms with Crippen molar-refractivity contribution in [2.24, 2.45) is 7.05 Å². The summed E-state index contributed by atoms with van der Waals surface area (Å²) in [6.45, 7) is 6.12. The molecule has 0 saturated carbocycles. The molecule has 4 aromatic rings. The van der Waals surface area contributed by atoms with Gasteiger partial charge in [-0.25, -0.2) is 19.2 Å². The molecule has 1 aromatic carbocycles. The minimum absolute atomic E-state index is 0.0374. The Bertz CT molecular complexity index is 1400. The average Bonchev–Trinajstić information content (AvgIpc) is 3.06. The molecule has 176 valence electrons. The Morgan fingerprint density at radius 3 is 2.59 bits per heavy atom. The number of hydrogen-bond donors (Lipinski definition) is 3. The lowest BCUT2D eigenvalue weighted by molar-refractivity contribution is 0.254. The summed E-state index contributed by atoms with van der Waals surface area (Å²) in [5.41, 5.74) is 9.49. The van der Waals surface area contributed by atoms with E-state index in [-0.39, 0.29) is 16.1 Å². The topological polar surface area (TPSA) is 96.8 Å². The molecule has 0 aliphatic rings. The summed E-state index contributed by atoms with van der Waals surface area (Å²) >= 11 is 12.0. The van der Waals surface area contributed by atoms with Crippen LogP contribution in [-0.2, 0) is 7.05 Å². The number of anilines is 2. The van der Waals surface area contributed by atoms with E-state index in [1.165, 1.54) is 24.3 Å². The highest BCUT2D eigenvalue weighted by molar-refractivity contribution is 6.31. The van der Waals surface area contributed by atoms with Gasteiger partial charge in [0.05, 0.1) is 16.4 Å². The van der Waals surface area contributed by atoms with Gasteiger partial charge in [0.25, 0.3) is 0 Å². The SMILES string of the molecule is Cc1nn(C)c2nc(NNC(=O)Nc3cc(Cl)nc(-c4ccc(F)c(Cl)c4)c3)cc(C(C)C)c12. The number of benzene rings is 1. The van der Waals surface area contributed by atoms with Crippen molar-refractivity contribution in [3.63, 3.8) is 0 Å². The van der Waals surface area contributed by atoms with E-state index in [1.807, 2.05) is 20.0 Å². The first-order valence-electron chi connectivity index (χ1n) is 10.4. The number of hydrogen-bond acceptors (Lipinski definition) is 5. The summed E-state index contributed by atoms with van der Waals surface area (Å²) < 4.78 is 15.2. The van der Waals surface area contributed by atoms with Crippen LogP contribution in [0.4, 0.5) is 20.7 Å². The Balaban J connectivity index is 1.51. The van der Waals surface area contributed by atoms with E-state index < -0.39 is 11.8 Å². The van der Waals surface area contributed by atoms with Gasteiger partial charge in [0, 0.05) is 23.7 Å². The fourth-order valence-corrected chi connectivity index (χ4v) is 4.04. The van der Waals surface area contributed by atoms with E-state index in [1.54, 1.807) is 10.7 Å². The number of urea groups is 1. The number of rotatable bonds is 5. The molecule has 8 nitrogen and oxygen atoms in total. The van der Waals surface area contributed by atoms with Crippen LogP contribution in [-0.4, -0.2) is 25.8 Å². The molecule has 3 heterocycles. The molecule has 0 aliphatic carbocycles. The largest absolute Gasteiger partial charge is 0.337 e. The summed E-state index contributed by atoms with van der Waals surface area (Å²) in [6.07, 6.45) is 0. The van der Waals surface area contributed by atoms with E-state index in [9.17, 15) is 9.18 Å². The highest BCUT2D eigenvalue weighted by Crippen LogP contribution is 2.29. The normalized spacial score (nSPS) is 11.2. The Morgan fingerprint density at radius 2 is 1.88 bits per heavy atom. The van der Waals surface area contributed by atoms with Crippen LogP contribution < -0.4 is 16.2 Å². The van der Waals surface area contributed by atoms with Crippen LogP contribution in [0.25, 0.3) is 22.3 Å². The van der Waals surface area contributed by atoms with E-state index in [0.717, 1.165) is 22.3 Å². The van der Waals surface area contributed by atoms with Gasteiger partial charge < -0.3 is 5.32 Å². The lowest BCUT2D eigenvalue weighted by Gasteiger charge is -2.14. The maximum atomic E-state index is 13.5. The Hall–Kier alpha value is -3.43. The summed E-state index contributed by atoms with van der Waals surface area (Å²) in [5.74, 6) is 0.175. The number of hydrazine groups is 1. The van der Waals surface area contributed by atoms with Crippen LogP contribution >= 0.6 is 23.2 Å². The molecule has 0 bridgehead atoms. The van der Waals surface area contributed by atoms with Crippen molar-refractivity contribution >= 4 is 51.8 Å². The number of aromatic nitrogens is 4. The summed E-state index contributed by atoms with van der Waals surface area (Å²) in [6, 6.07) is 8.66. The zero-order valence-corrected chi connectivity index (χ0v) is 20.4. The standard InChI is InChI=1S/C23H22Cl2FN7O/c1-11(2)15-10-20(29-22-21(15)12(3)32-33(22)4)30-31-23(34)27-14-8-18(28-19(25)9-14)13-5-6-17(26)16(24)7-13/h5-11H,1-4H3,(H,29,30)(H2,27,28,31,34). The van der Waals surface area contributed by atoms with Crippen molar-refractivity contribution in [2.45, 2.75) is 26.7 Å². The molecule has 0 atom stereocenters. The van der Waals surface area contributed by atoms with E-state index >= 15 is 0 Å². The third-order valence-electron chi connectivity index (χ3n) is 5.19. The maximum absolute atomic E-state index is 13.5. The molecule has 4 rings (SSSR count). The van der Waals surface area contributed by atoms with Crippen molar-refractivity contribution < 1.29 is 9.18 Å². The predicted molar refractivity (Wildman–Crippen MR) is 133 cm³/mol. The maximum Gasteiger partial charge on any atom is 0.337 e. The second-order valence-corrected chi connectivity index (χ2v) is 8.85. The van der Waals surface area contributed by atoms with Gasteiger partial charge in [-0.1, -0.05) is 37.0 Å². The zero-order valence-electron chi connectivity index (χ0n) is 18.9. The van der Waals surface area contributed by atoms with Gasteiger partial charge in [-0.3, -0.25) is 15.5 Å². The summed E-state index contributed by atoms with van der Waals surface area (Å²) in [4.78, 5) is 21.3. The second-order valence-electron chi connectivity index (χ2n) is 8.06. The van der Waals surface area contributed by atoms with Crippen LogP contribution in [0.15, 0.2) is 36.4 Å². The van der Waals surface area contributed by atoms with Crippen molar-refractivity contribution in [1.29, 1.82) is 0 Å². The van der Waals surface area contributed by atoms with Crippen molar-refractivity contribution in [1.82, 2.24) is 25.2 Å². The number of nitrogens with zero attached hydrogens (tertiary/aromatic N) is 4. The van der Waals surface area contributed by atoms with Gasteiger partial charge >= 0.3 is 6.03 Å². The van der Waals surface area contributed by atoms with E-state index in [4.69, 9.17) is 23.2 Å². The first-order chi connectivity index (χ1) is 16.1. The van der Waals surface area contributed by atoms with Crippen molar-refractivity contribution in [3.8, 4) is 11.3 Å². The van der Waals surface area contributed by atoms with E-state index in [2.05, 4.69) is 45.1 Å². The lowest BCUT2D eigenvalue weighted by Crippen LogP contribution is -2.34. The van der Waals surface area contributed by atoms with Crippen LogP contribution in [0.3, 0.4) is 0 Å². The van der Waals surface area contributed by atoms with Crippen LogP contribution in [0.1, 0.15) is 31.0 Å².